The van der Waals surface area contributed by atoms with E-state index in [2.05, 4.69) is 29.0 Å². The number of fused-ring (bicyclic) bond motifs is 1. The number of hydrogen-bond donors (Lipinski definition) is 1. The van der Waals surface area contributed by atoms with Crippen molar-refractivity contribution in [2.45, 2.75) is 38.5 Å². The molecular weight excluding hydrogens is 400 g/mol. The average Bonchev–Trinajstić information content (AvgIpc) is 3.37. The molecule has 152 valence electrons. The topological polar surface area (TPSA) is 73.1 Å². The predicted molar refractivity (Wildman–Crippen MR) is 116 cm³/mol. The number of aliphatic hydroxyl groups excluding tert-OH is 1. The predicted octanol–water partition coefficient (Wildman–Crippen LogP) is 4.62. The van der Waals surface area contributed by atoms with Crippen molar-refractivity contribution in [1.82, 2.24) is 19.5 Å². The standard InChI is InChI=1S/C23H21ClN4O2/c1-23(9-10-23)30-22-19-21(25-14-26-22)28(12-15-5-3-2-4-6-15)20(27-19)17-8-7-16(13-29)11-18(17)24/h2-8,11,14,29H,9-10,12-13H2,1H3. The van der Waals surface area contributed by atoms with Crippen LogP contribution in [0.1, 0.15) is 30.9 Å². The number of imidazole rings is 1. The maximum atomic E-state index is 9.42. The summed E-state index contributed by atoms with van der Waals surface area (Å²) in [5.74, 6) is 1.19. The molecule has 6 nitrogen and oxygen atoms in total. The highest BCUT2D eigenvalue weighted by Crippen LogP contribution is 2.41. The van der Waals surface area contributed by atoms with E-state index in [0.29, 0.717) is 34.4 Å². The Morgan fingerprint density at radius 2 is 1.90 bits per heavy atom. The van der Waals surface area contributed by atoms with Gasteiger partial charge in [-0.2, -0.15) is 4.98 Å². The number of halogens is 1. The molecule has 2 aromatic carbocycles. The van der Waals surface area contributed by atoms with E-state index < -0.39 is 0 Å². The summed E-state index contributed by atoms with van der Waals surface area (Å²) < 4.78 is 8.19. The number of hydrogen-bond acceptors (Lipinski definition) is 5. The van der Waals surface area contributed by atoms with Crippen LogP contribution < -0.4 is 4.74 Å². The monoisotopic (exact) mass is 420 g/mol. The fourth-order valence-electron chi connectivity index (χ4n) is 3.46. The summed E-state index contributed by atoms with van der Waals surface area (Å²) >= 11 is 6.57. The van der Waals surface area contributed by atoms with Gasteiger partial charge >= 0.3 is 0 Å². The van der Waals surface area contributed by atoms with Gasteiger partial charge in [0.1, 0.15) is 17.8 Å². The zero-order valence-corrected chi connectivity index (χ0v) is 17.3. The smallest absolute Gasteiger partial charge is 0.245 e. The molecule has 2 aromatic heterocycles. The molecule has 2 heterocycles. The Bertz CT molecular complexity index is 1220. The second kappa shape index (κ2) is 7.38. The number of ether oxygens (including phenoxy) is 1. The first-order chi connectivity index (χ1) is 14.6. The van der Waals surface area contributed by atoms with Crippen molar-refractivity contribution in [3.8, 4) is 17.3 Å². The number of benzene rings is 2. The molecule has 0 aliphatic heterocycles. The average molecular weight is 421 g/mol. The van der Waals surface area contributed by atoms with E-state index >= 15 is 0 Å². The molecule has 1 aliphatic rings. The zero-order chi connectivity index (χ0) is 20.7. The fraction of sp³-hybridized carbons (Fsp3) is 0.261. The normalized spacial score (nSPS) is 14.8. The first-order valence-corrected chi connectivity index (χ1v) is 10.3. The Morgan fingerprint density at radius 3 is 2.60 bits per heavy atom. The molecule has 0 bridgehead atoms. The first-order valence-electron chi connectivity index (χ1n) is 9.90. The Balaban J connectivity index is 1.69. The van der Waals surface area contributed by atoms with Crippen LogP contribution in [0.15, 0.2) is 54.9 Å². The Labute approximate surface area is 179 Å². The van der Waals surface area contributed by atoms with Gasteiger partial charge in [0.15, 0.2) is 11.2 Å². The lowest BCUT2D eigenvalue weighted by Gasteiger charge is -2.12. The highest BCUT2D eigenvalue weighted by Gasteiger charge is 2.41. The molecule has 1 saturated carbocycles. The van der Waals surface area contributed by atoms with Crippen LogP contribution in [0.2, 0.25) is 5.02 Å². The van der Waals surface area contributed by atoms with E-state index in [-0.39, 0.29) is 12.2 Å². The van der Waals surface area contributed by atoms with Gasteiger partial charge in [-0.15, -0.1) is 0 Å². The molecule has 5 rings (SSSR count). The minimum Gasteiger partial charge on any atom is -0.470 e. The van der Waals surface area contributed by atoms with E-state index in [4.69, 9.17) is 21.3 Å². The number of rotatable bonds is 6. The molecule has 0 atom stereocenters. The summed E-state index contributed by atoms with van der Waals surface area (Å²) in [4.78, 5) is 13.8. The van der Waals surface area contributed by atoms with Crippen molar-refractivity contribution >= 4 is 22.8 Å². The van der Waals surface area contributed by atoms with Gasteiger partial charge in [-0.3, -0.25) is 0 Å². The van der Waals surface area contributed by atoms with Gasteiger partial charge in [0.25, 0.3) is 0 Å². The summed E-state index contributed by atoms with van der Waals surface area (Å²) in [5, 5.41) is 9.95. The lowest BCUT2D eigenvalue weighted by atomic mass is 10.1. The van der Waals surface area contributed by atoms with Crippen LogP contribution in [-0.2, 0) is 13.2 Å². The molecule has 1 aliphatic carbocycles. The molecule has 0 unspecified atom stereocenters. The number of nitrogens with zero attached hydrogens (tertiary/aromatic N) is 4. The van der Waals surface area contributed by atoms with Gasteiger partial charge in [0.05, 0.1) is 18.2 Å². The van der Waals surface area contributed by atoms with Crippen molar-refractivity contribution in [2.75, 3.05) is 0 Å². The van der Waals surface area contributed by atoms with E-state index in [0.717, 1.165) is 29.5 Å². The van der Waals surface area contributed by atoms with E-state index in [9.17, 15) is 5.11 Å². The van der Waals surface area contributed by atoms with Crippen molar-refractivity contribution < 1.29 is 9.84 Å². The Hall–Kier alpha value is -2.96. The maximum Gasteiger partial charge on any atom is 0.245 e. The summed E-state index contributed by atoms with van der Waals surface area (Å²) in [6.07, 6.45) is 3.53. The molecule has 4 aromatic rings. The molecule has 1 N–H and O–H groups in total. The first kappa shape index (κ1) is 19.0. The number of aromatic nitrogens is 4. The van der Waals surface area contributed by atoms with Crippen LogP contribution in [0.5, 0.6) is 5.88 Å². The summed E-state index contributed by atoms with van der Waals surface area (Å²) in [6.45, 7) is 2.59. The van der Waals surface area contributed by atoms with Gasteiger partial charge < -0.3 is 14.4 Å². The van der Waals surface area contributed by atoms with E-state index in [1.165, 1.54) is 6.33 Å². The lowest BCUT2D eigenvalue weighted by Crippen LogP contribution is -2.13. The van der Waals surface area contributed by atoms with Crippen molar-refractivity contribution in [2.24, 2.45) is 0 Å². The molecular formula is C23H21ClN4O2. The molecule has 7 heteroatoms. The van der Waals surface area contributed by atoms with Crippen LogP contribution in [-0.4, -0.2) is 30.2 Å². The molecule has 0 radical (unpaired) electrons. The minimum atomic E-state index is -0.176. The maximum absolute atomic E-state index is 9.42. The van der Waals surface area contributed by atoms with Crippen LogP contribution in [0.3, 0.4) is 0 Å². The van der Waals surface area contributed by atoms with Gasteiger partial charge in [0, 0.05) is 5.56 Å². The molecule has 0 amide bonds. The zero-order valence-electron chi connectivity index (χ0n) is 16.5. The van der Waals surface area contributed by atoms with Crippen LogP contribution in [0, 0.1) is 0 Å². The highest BCUT2D eigenvalue weighted by molar-refractivity contribution is 6.33. The van der Waals surface area contributed by atoms with Gasteiger partial charge in [0.2, 0.25) is 5.88 Å². The minimum absolute atomic E-state index is 0.0670. The molecule has 0 saturated heterocycles. The molecule has 0 spiro atoms. The lowest BCUT2D eigenvalue weighted by molar-refractivity contribution is 0.194. The summed E-state index contributed by atoms with van der Waals surface area (Å²) in [6, 6.07) is 15.6. The van der Waals surface area contributed by atoms with Crippen LogP contribution in [0.4, 0.5) is 0 Å². The van der Waals surface area contributed by atoms with Gasteiger partial charge in [-0.25, -0.2) is 9.97 Å². The van der Waals surface area contributed by atoms with Crippen molar-refractivity contribution in [3.63, 3.8) is 0 Å². The van der Waals surface area contributed by atoms with Gasteiger partial charge in [-0.1, -0.05) is 48.0 Å². The third kappa shape index (κ3) is 3.53. The van der Waals surface area contributed by atoms with Crippen molar-refractivity contribution in [1.29, 1.82) is 0 Å². The summed E-state index contributed by atoms with van der Waals surface area (Å²) in [7, 11) is 0. The van der Waals surface area contributed by atoms with E-state index in [1.54, 1.807) is 6.07 Å². The highest BCUT2D eigenvalue weighted by atomic mass is 35.5. The largest absolute Gasteiger partial charge is 0.470 e. The molecule has 1 fully saturated rings. The third-order valence-electron chi connectivity index (χ3n) is 5.44. The quantitative estimate of drug-likeness (QED) is 0.492. The molecule has 30 heavy (non-hydrogen) atoms. The Morgan fingerprint density at radius 1 is 1.10 bits per heavy atom. The van der Waals surface area contributed by atoms with E-state index in [1.807, 2.05) is 34.9 Å². The van der Waals surface area contributed by atoms with Gasteiger partial charge in [-0.05, 0) is 43.0 Å². The number of aliphatic hydroxyl groups is 1. The summed E-state index contributed by atoms with van der Waals surface area (Å²) in [5.41, 5.74) is 3.79. The third-order valence-corrected chi connectivity index (χ3v) is 5.75. The SMILES string of the molecule is CC1(Oc2ncnc3c2nc(-c2ccc(CO)cc2Cl)n3Cc2ccccc2)CC1. The van der Waals surface area contributed by atoms with Crippen LogP contribution >= 0.6 is 11.6 Å². The second-order valence-corrected chi connectivity index (χ2v) is 8.29. The fourth-order valence-corrected chi connectivity index (χ4v) is 3.75. The Kier molecular flexibility index (Phi) is 4.68. The second-order valence-electron chi connectivity index (χ2n) is 7.88. The van der Waals surface area contributed by atoms with Crippen molar-refractivity contribution in [3.05, 3.63) is 71.0 Å². The van der Waals surface area contributed by atoms with Crippen LogP contribution in [0.25, 0.3) is 22.6 Å².